The molecule has 24 heavy (non-hydrogen) atoms. The Morgan fingerprint density at radius 3 is 2.58 bits per heavy atom. The number of amides is 1. The molecule has 1 N–H and O–H groups in total. The summed E-state index contributed by atoms with van der Waals surface area (Å²) in [5.74, 6) is 0.621. The molecule has 0 fully saturated rings. The van der Waals surface area contributed by atoms with Crippen LogP contribution in [0.15, 0.2) is 66.1 Å². The summed E-state index contributed by atoms with van der Waals surface area (Å²) in [5, 5.41) is 10.8. The van der Waals surface area contributed by atoms with Crippen molar-refractivity contribution < 1.29 is 4.79 Å². The van der Waals surface area contributed by atoms with Gasteiger partial charge in [-0.3, -0.25) is 9.36 Å². The van der Waals surface area contributed by atoms with Crippen molar-refractivity contribution in [1.82, 2.24) is 20.1 Å². The maximum atomic E-state index is 12.2. The molecule has 0 saturated carbocycles. The van der Waals surface area contributed by atoms with Crippen LogP contribution in [0.1, 0.15) is 10.4 Å². The van der Waals surface area contributed by atoms with Gasteiger partial charge in [0.15, 0.2) is 0 Å². The number of benzene rings is 2. The fraction of sp³-hybridized carbons (Fsp3) is 0.118. The summed E-state index contributed by atoms with van der Waals surface area (Å²) in [6.07, 6.45) is 3.15. The van der Waals surface area contributed by atoms with E-state index in [0.717, 1.165) is 11.4 Å². The summed E-state index contributed by atoms with van der Waals surface area (Å²) in [5.41, 5.74) is 1.26. The van der Waals surface area contributed by atoms with E-state index >= 15 is 0 Å². The first kappa shape index (κ1) is 16.5. The number of halogens is 1. The smallest absolute Gasteiger partial charge is 0.252 e. The average Bonchev–Trinajstić information content (AvgIpc) is 3.14. The molecule has 1 amide bonds. The zero-order valence-corrected chi connectivity index (χ0v) is 14.3. The summed E-state index contributed by atoms with van der Waals surface area (Å²) >= 11 is 7.93. The van der Waals surface area contributed by atoms with Crippen molar-refractivity contribution in [3.8, 4) is 5.69 Å². The average molecular weight is 359 g/mol. The third kappa shape index (κ3) is 4.15. The first-order chi connectivity index (χ1) is 11.7. The predicted molar refractivity (Wildman–Crippen MR) is 95.9 cm³/mol. The molecular weight excluding hydrogens is 344 g/mol. The molecule has 0 aliphatic heterocycles. The van der Waals surface area contributed by atoms with Crippen LogP contribution in [0.2, 0.25) is 5.02 Å². The Balaban J connectivity index is 1.55. The van der Waals surface area contributed by atoms with E-state index in [2.05, 4.69) is 15.5 Å². The molecule has 0 aliphatic rings. The number of carbonyl (C=O) groups excluding carboxylic acids is 1. The molecule has 1 heterocycles. The summed E-state index contributed by atoms with van der Waals surface area (Å²) in [4.78, 5) is 13.4. The Kier molecular flexibility index (Phi) is 5.51. The van der Waals surface area contributed by atoms with Gasteiger partial charge in [0.2, 0.25) is 0 Å². The van der Waals surface area contributed by atoms with E-state index in [-0.39, 0.29) is 5.91 Å². The maximum Gasteiger partial charge on any atom is 0.252 e. The van der Waals surface area contributed by atoms with Crippen molar-refractivity contribution in [2.45, 2.75) is 4.90 Å². The number of carbonyl (C=O) groups is 1. The minimum atomic E-state index is -0.177. The van der Waals surface area contributed by atoms with Gasteiger partial charge in [-0.25, -0.2) is 0 Å². The molecule has 2 aromatic carbocycles. The van der Waals surface area contributed by atoms with Gasteiger partial charge in [-0.15, -0.1) is 22.0 Å². The first-order valence-corrected chi connectivity index (χ1v) is 8.71. The largest absolute Gasteiger partial charge is 0.351 e. The third-order valence-electron chi connectivity index (χ3n) is 3.31. The van der Waals surface area contributed by atoms with Crippen LogP contribution in [0.25, 0.3) is 5.69 Å². The lowest BCUT2D eigenvalue weighted by atomic mass is 10.2. The Labute approximate surface area is 149 Å². The number of hydrogen-bond acceptors (Lipinski definition) is 4. The topological polar surface area (TPSA) is 59.8 Å². The Morgan fingerprint density at radius 2 is 1.88 bits per heavy atom. The van der Waals surface area contributed by atoms with Crippen LogP contribution in [0.4, 0.5) is 0 Å². The van der Waals surface area contributed by atoms with Gasteiger partial charge in [-0.05, 0) is 30.3 Å². The van der Waals surface area contributed by atoms with Crippen molar-refractivity contribution in [1.29, 1.82) is 0 Å². The van der Waals surface area contributed by atoms with E-state index in [1.165, 1.54) is 4.90 Å². The Hall–Kier alpha value is -2.31. The van der Waals surface area contributed by atoms with Crippen LogP contribution in [-0.4, -0.2) is 33.0 Å². The number of rotatable bonds is 6. The van der Waals surface area contributed by atoms with Gasteiger partial charge < -0.3 is 5.32 Å². The molecule has 0 saturated heterocycles. The standard InChI is InChI=1S/C17H15ClN4OS/c18-16-10-13(22-11-20-21-12-22)6-7-15(16)17(23)19-8-9-24-14-4-2-1-3-5-14/h1-7,10-12H,8-9H2,(H,19,23). The summed E-state index contributed by atoms with van der Waals surface area (Å²) in [6, 6.07) is 15.3. The van der Waals surface area contributed by atoms with Crippen LogP contribution in [-0.2, 0) is 0 Å². The SMILES string of the molecule is O=C(NCCSc1ccccc1)c1ccc(-n2cnnc2)cc1Cl. The molecule has 1 aromatic heterocycles. The minimum absolute atomic E-state index is 0.177. The molecule has 0 aliphatic carbocycles. The zero-order chi connectivity index (χ0) is 16.8. The molecule has 0 bridgehead atoms. The molecule has 7 heteroatoms. The van der Waals surface area contributed by atoms with Gasteiger partial charge in [-0.2, -0.15) is 0 Å². The number of hydrogen-bond donors (Lipinski definition) is 1. The van der Waals surface area contributed by atoms with E-state index in [1.54, 1.807) is 41.1 Å². The van der Waals surface area contributed by atoms with Gasteiger partial charge in [-0.1, -0.05) is 29.8 Å². The van der Waals surface area contributed by atoms with Gasteiger partial charge in [0, 0.05) is 22.9 Å². The summed E-state index contributed by atoms with van der Waals surface area (Å²) < 4.78 is 1.73. The highest BCUT2D eigenvalue weighted by molar-refractivity contribution is 7.99. The highest BCUT2D eigenvalue weighted by Crippen LogP contribution is 2.20. The van der Waals surface area contributed by atoms with Crippen LogP contribution >= 0.6 is 23.4 Å². The van der Waals surface area contributed by atoms with E-state index < -0.39 is 0 Å². The number of nitrogens with one attached hydrogen (secondary N) is 1. The second-order valence-corrected chi connectivity index (χ2v) is 6.53. The molecule has 0 unspecified atom stereocenters. The molecule has 5 nitrogen and oxygen atoms in total. The fourth-order valence-electron chi connectivity index (χ4n) is 2.13. The van der Waals surface area contributed by atoms with Crippen molar-refractivity contribution in [2.24, 2.45) is 0 Å². The first-order valence-electron chi connectivity index (χ1n) is 7.34. The predicted octanol–water partition coefficient (Wildman–Crippen LogP) is 3.44. The van der Waals surface area contributed by atoms with E-state index in [4.69, 9.17) is 11.6 Å². The van der Waals surface area contributed by atoms with Gasteiger partial charge in [0.25, 0.3) is 5.91 Å². The molecule has 3 aromatic rings. The lowest BCUT2D eigenvalue weighted by Crippen LogP contribution is -2.26. The summed E-state index contributed by atoms with van der Waals surface area (Å²) in [7, 11) is 0. The van der Waals surface area contributed by atoms with Gasteiger partial charge in [0.1, 0.15) is 12.7 Å². The van der Waals surface area contributed by atoms with Crippen molar-refractivity contribution in [3.05, 3.63) is 71.8 Å². The maximum absolute atomic E-state index is 12.2. The van der Waals surface area contributed by atoms with Gasteiger partial charge in [0.05, 0.1) is 10.6 Å². The second kappa shape index (κ2) is 7.99. The van der Waals surface area contributed by atoms with Crippen LogP contribution in [0.5, 0.6) is 0 Å². The number of nitrogens with zero attached hydrogens (tertiary/aromatic N) is 3. The quantitative estimate of drug-likeness (QED) is 0.541. The molecular formula is C17H15ClN4OS. The highest BCUT2D eigenvalue weighted by atomic mass is 35.5. The molecule has 0 radical (unpaired) electrons. The van der Waals surface area contributed by atoms with Gasteiger partial charge >= 0.3 is 0 Å². The summed E-state index contributed by atoms with van der Waals surface area (Å²) in [6.45, 7) is 0.571. The number of aromatic nitrogens is 3. The van der Waals surface area contributed by atoms with Crippen LogP contribution in [0.3, 0.4) is 0 Å². The molecule has 0 spiro atoms. The fourth-order valence-corrected chi connectivity index (χ4v) is 3.18. The molecule has 122 valence electrons. The van der Waals surface area contributed by atoms with Crippen molar-refractivity contribution >= 4 is 29.3 Å². The molecule has 3 rings (SSSR count). The molecule has 0 atom stereocenters. The van der Waals surface area contributed by atoms with E-state index in [9.17, 15) is 4.79 Å². The Morgan fingerprint density at radius 1 is 1.12 bits per heavy atom. The third-order valence-corrected chi connectivity index (χ3v) is 4.64. The second-order valence-electron chi connectivity index (χ2n) is 4.95. The van der Waals surface area contributed by atoms with Crippen LogP contribution in [0, 0.1) is 0 Å². The monoisotopic (exact) mass is 358 g/mol. The van der Waals surface area contributed by atoms with Crippen molar-refractivity contribution in [2.75, 3.05) is 12.3 Å². The zero-order valence-electron chi connectivity index (χ0n) is 12.7. The number of thioether (sulfide) groups is 1. The Bertz CT molecular complexity index is 809. The minimum Gasteiger partial charge on any atom is -0.351 e. The normalized spacial score (nSPS) is 10.5. The lowest BCUT2D eigenvalue weighted by molar-refractivity contribution is 0.0956. The van der Waals surface area contributed by atoms with E-state index in [0.29, 0.717) is 17.1 Å². The van der Waals surface area contributed by atoms with E-state index in [1.807, 2.05) is 36.4 Å². The van der Waals surface area contributed by atoms with Crippen molar-refractivity contribution in [3.63, 3.8) is 0 Å². The van der Waals surface area contributed by atoms with Crippen LogP contribution < -0.4 is 5.32 Å². The highest BCUT2D eigenvalue weighted by Gasteiger charge is 2.11. The lowest BCUT2D eigenvalue weighted by Gasteiger charge is -2.08.